The summed E-state index contributed by atoms with van der Waals surface area (Å²) in [5.74, 6) is 1.60. The molecule has 1 aliphatic rings. The van der Waals surface area contributed by atoms with Crippen LogP contribution < -0.4 is 0 Å². The van der Waals surface area contributed by atoms with Crippen molar-refractivity contribution in [2.45, 2.75) is 114 Å². The highest BCUT2D eigenvalue weighted by Gasteiger charge is 2.32. The predicted octanol–water partition coefficient (Wildman–Crippen LogP) is 8.73. The maximum atomic E-state index is 3.26. The van der Waals surface area contributed by atoms with Gasteiger partial charge in [-0.1, -0.05) is 92.5 Å². The lowest BCUT2D eigenvalue weighted by molar-refractivity contribution is 0.127. The van der Waals surface area contributed by atoms with E-state index in [9.17, 15) is 0 Å². The van der Waals surface area contributed by atoms with Gasteiger partial charge in [0.15, 0.2) is 0 Å². The Morgan fingerprint density at radius 3 is 2.23 bits per heavy atom. The molecule has 0 saturated carbocycles. The molecule has 0 heteroatoms. The van der Waals surface area contributed by atoms with Crippen LogP contribution in [0.5, 0.6) is 0 Å². The van der Waals surface area contributed by atoms with E-state index in [1.165, 1.54) is 56.9 Å². The average Bonchev–Trinajstić information content (AvgIpc) is 2.82. The molecule has 1 rings (SSSR count). The minimum atomic E-state index is 0.208. The zero-order valence-electron chi connectivity index (χ0n) is 19.4. The van der Waals surface area contributed by atoms with Crippen molar-refractivity contribution in [3.05, 3.63) is 23.1 Å². The average molecular weight is 359 g/mol. The summed E-state index contributed by atoms with van der Waals surface area (Å²) in [5, 5.41) is 0. The van der Waals surface area contributed by atoms with E-state index in [1.807, 2.05) is 0 Å². The fraction of sp³-hybridized carbons (Fsp3) is 0.846. The molecule has 0 bridgehead atoms. The number of hydrogen-bond acceptors (Lipinski definition) is 0. The monoisotopic (exact) mass is 358 g/mol. The van der Waals surface area contributed by atoms with Gasteiger partial charge < -0.3 is 0 Å². The second kappa shape index (κ2) is 9.48. The topological polar surface area (TPSA) is 0 Å². The zero-order chi connectivity index (χ0) is 20.0. The third-order valence-electron chi connectivity index (χ3n) is 6.70. The van der Waals surface area contributed by atoms with Crippen LogP contribution in [0.1, 0.15) is 114 Å². The fourth-order valence-corrected chi connectivity index (χ4v) is 5.04. The van der Waals surface area contributed by atoms with E-state index < -0.39 is 0 Å². The molecule has 0 nitrogen and oxygen atoms in total. The van der Waals surface area contributed by atoms with E-state index in [1.54, 1.807) is 0 Å². The lowest BCUT2D eigenvalue weighted by atomic mass is 9.67. The Balaban J connectivity index is 2.58. The van der Waals surface area contributed by atoms with Gasteiger partial charge in [-0.05, 0) is 66.9 Å². The second-order valence-corrected chi connectivity index (χ2v) is 11.2. The molecule has 1 aliphatic carbocycles. The summed E-state index contributed by atoms with van der Waals surface area (Å²) >= 11 is 0. The smallest absolute Gasteiger partial charge is 0.0223 e. The first-order chi connectivity index (χ1) is 11.9. The van der Waals surface area contributed by atoms with E-state index in [0.29, 0.717) is 10.8 Å². The van der Waals surface area contributed by atoms with Gasteiger partial charge in [0, 0.05) is 5.41 Å². The third-order valence-corrected chi connectivity index (χ3v) is 6.70. The Kier molecular flexibility index (Phi) is 8.51. The van der Waals surface area contributed by atoms with Crippen molar-refractivity contribution in [1.82, 2.24) is 0 Å². The molecule has 0 saturated heterocycles. The minimum absolute atomic E-state index is 0.208. The summed E-state index contributed by atoms with van der Waals surface area (Å²) in [6, 6.07) is 0. The summed E-state index contributed by atoms with van der Waals surface area (Å²) < 4.78 is 0. The molecule has 26 heavy (non-hydrogen) atoms. The zero-order valence-corrected chi connectivity index (χ0v) is 19.4. The van der Waals surface area contributed by atoms with Gasteiger partial charge in [-0.15, -0.1) is 0 Å². The van der Waals surface area contributed by atoms with Gasteiger partial charge in [-0.2, -0.15) is 0 Å². The molecule has 2 atom stereocenters. The lowest BCUT2D eigenvalue weighted by Crippen LogP contribution is -2.27. The second-order valence-electron chi connectivity index (χ2n) is 11.2. The van der Waals surface area contributed by atoms with E-state index in [-0.39, 0.29) is 5.41 Å². The van der Waals surface area contributed by atoms with Crippen LogP contribution in [-0.2, 0) is 0 Å². The molecule has 0 spiro atoms. The quantitative estimate of drug-likeness (QED) is 0.306. The van der Waals surface area contributed by atoms with Gasteiger partial charge in [-0.25, -0.2) is 0 Å². The van der Waals surface area contributed by atoms with Gasteiger partial charge in [0.1, 0.15) is 0 Å². The molecule has 0 amide bonds. The SMILES string of the molecule is CCCCC(C)(C)CC(C)(C)CC(CCCC1(C)C=C=C=C1C)C(C)C. The normalized spacial score (nSPS) is 21.5. The molecule has 0 fully saturated rings. The molecule has 0 aromatic rings. The summed E-state index contributed by atoms with van der Waals surface area (Å²) in [6.45, 7) is 21.7. The van der Waals surface area contributed by atoms with Crippen LogP contribution in [-0.4, -0.2) is 0 Å². The Morgan fingerprint density at radius 2 is 1.73 bits per heavy atom. The highest BCUT2D eigenvalue weighted by molar-refractivity contribution is 5.23. The van der Waals surface area contributed by atoms with Crippen LogP contribution in [0.15, 0.2) is 23.1 Å². The van der Waals surface area contributed by atoms with Crippen molar-refractivity contribution in [2.24, 2.45) is 28.1 Å². The maximum absolute atomic E-state index is 3.26. The van der Waals surface area contributed by atoms with Crippen molar-refractivity contribution in [3.63, 3.8) is 0 Å². The highest BCUT2D eigenvalue weighted by Crippen LogP contribution is 2.44. The van der Waals surface area contributed by atoms with Crippen LogP contribution in [0, 0.1) is 28.1 Å². The Morgan fingerprint density at radius 1 is 1.08 bits per heavy atom. The highest BCUT2D eigenvalue weighted by atomic mass is 14.4. The summed E-state index contributed by atoms with van der Waals surface area (Å²) in [6.07, 6.45) is 12.9. The molecule has 150 valence electrons. The van der Waals surface area contributed by atoms with Crippen LogP contribution >= 0.6 is 0 Å². The summed E-state index contributed by atoms with van der Waals surface area (Å²) in [7, 11) is 0. The Bertz CT molecular complexity index is 532. The van der Waals surface area contributed by atoms with Crippen molar-refractivity contribution in [3.8, 4) is 0 Å². The molecule has 0 N–H and O–H groups in total. The summed E-state index contributed by atoms with van der Waals surface area (Å²) in [5.41, 5.74) is 8.92. The van der Waals surface area contributed by atoms with Gasteiger partial charge in [0.05, 0.1) is 0 Å². The first kappa shape index (κ1) is 23.3. The fourth-order valence-electron chi connectivity index (χ4n) is 5.04. The van der Waals surface area contributed by atoms with Crippen molar-refractivity contribution < 1.29 is 0 Å². The molecule has 0 aliphatic heterocycles. The van der Waals surface area contributed by atoms with Gasteiger partial charge in [-0.3, -0.25) is 0 Å². The van der Waals surface area contributed by atoms with Crippen molar-refractivity contribution >= 4 is 0 Å². The lowest BCUT2D eigenvalue weighted by Gasteiger charge is -2.38. The molecular weight excluding hydrogens is 312 g/mol. The van der Waals surface area contributed by atoms with Crippen LogP contribution in [0.4, 0.5) is 0 Å². The standard InChI is InChI=1S/C26H46/c1-10-11-16-24(5,6)20-25(7,8)19-23(21(2)3)15-13-18-26(9)17-12-14-22(26)4/h17,21,23H,10-11,13,15-16,18-20H2,1-9H3. The number of hydrogen-bond donors (Lipinski definition) is 0. The molecule has 0 aromatic heterocycles. The van der Waals surface area contributed by atoms with Crippen molar-refractivity contribution in [1.29, 1.82) is 0 Å². The van der Waals surface area contributed by atoms with Crippen LogP contribution in [0.25, 0.3) is 0 Å². The Labute approximate surface area is 165 Å². The number of unbranched alkanes of at least 4 members (excludes halogenated alkanes) is 1. The van der Waals surface area contributed by atoms with Crippen molar-refractivity contribution in [2.75, 3.05) is 0 Å². The largest absolute Gasteiger partial charge is 0.0737 e. The Hall–Kier alpha value is -0.700. The van der Waals surface area contributed by atoms with E-state index >= 15 is 0 Å². The van der Waals surface area contributed by atoms with Gasteiger partial charge in [0.25, 0.3) is 0 Å². The predicted molar refractivity (Wildman–Crippen MR) is 117 cm³/mol. The van der Waals surface area contributed by atoms with E-state index in [2.05, 4.69) is 79.9 Å². The minimum Gasteiger partial charge on any atom is -0.0737 e. The maximum Gasteiger partial charge on any atom is 0.0223 e. The van der Waals surface area contributed by atoms with Gasteiger partial charge >= 0.3 is 0 Å². The van der Waals surface area contributed by atoms with Crippen LogP contribution in [0.2, 0.25) is 0 Å². The molecule has 0 aromatic carbocycles. The number of allylic oxidation sites excluding steroid dienone is 2. The first-order valence-electron chi connectivity index (χ1n) is 11.1. The molecular formula is C26H46. The molecule has 0 heterocycles. The van der Waals surface area contributed by atoms with E-state index in [0.717, 1.165) is 11.8 Å². The van der Waals surface area contributed by atoms with Gasteiger partial charge in [0.2, 0.25) is 0 Å². The third kappa shape index (κ3) is 7.50. The molecule has 2 unspecified atom stereocenters. The molecule has 0 radical (unpaired) electrons. The summed E-state index contributed by atoms with van der Waals surface area (Å²) in [4.78, 5) is 0. The first-order valence-corrected chi connectivity index (χ1v) is 11.1. The van der Waals surface area contributed by atoms with Crippen LogP contribution in [0.3, 0.4) is 0 Å². The number of rotatable bonds is 12. The van der Waals surface area contributed by atoms with E-state index in [4.69, 9.17) is 0 Å².